The van der Waals surface area contributed by atoms with Crippen LogP contribution in [0.2, 0.25) is 0 Å². The van der Waals surface area contributed by atoms with Crippen LogP contribution in [0.3, 0.4) is 0 Å². The number of amides is 2. The summed E-state index contributed by atoms with van der Waals surface area (Å²) in [5.41, 5.74) is 9.29. The van der Waals surface area contributed by atoms with Crippen molar-refractivity contribution in [2.75, 3.05) is 49.9 Å². The molecule has 0 spiro atoms. The van der Waals surface area contributed by atoms with Gasteiger partial charge in [-0.15, -0.1) is 24.8 Å². The van der Waals surface area contributed by atoms with E-state index in [1.807, 2.05) is 40.1 Å². The first-order chi connectivity index (χ1) is 13.6. The quantitative estimate of drug-likeness (QED) is 0.729. The van der Waals surface area contributed by atoms with Crippen LogP contribution in [0.1, 0.15) is 22.3 Å². The van der Waals surface area contributed by atoms with Gasteiger partial charge in [0.15, 0.2) is 0 Å². The number of fused-ring (bicyclic) bond motifs is 1. The van der Waals surface area contributed by atoms with E-state index in [9.17, 15) is 9.59 Å². The van der Waals surface area contributed by atoms with E-state index in [2.05, 4.69) is 11.0 Å². The van der Waals surface area contributed by atoms with Crippen LogP contribution in [0.15, 0.2) is 48.5 Å². The molecule has 6 nitrogen and oxygen atoms in total. The summed E-state index contributed by atoms with van der Waals surface area (Å²) in [6.45, 7) is 3.78. The average Bonchev–Trinajstić information content (AvgIpc) is 2.73. The Labute approximate surface area is 189 Å². The Kier molecular flexibility index (Phi) is 8.53. The van der Waals surface area contributed by atoms with Gasteiger partial charge >= 0.3 is 0 Å². The van der Waals surface area contributed by atoms with Gasteiger partial charge in [-0.05, 0) is 36.6 Å². The van der Waals surface area contributed by atoms with E-state index in [1.54, 1.807) is 12.1 Å². The Morgan fingerprint density at radius 3 is 2.27 bits per heavy atom. The Balaban J connectivity index is 0.00000160. The summed E-state index contributed by atoms with van der Waals surface area (Å²) < 4.78 is 0. The molecule has 1 fully saturated rings. The summed E-state index contributed by atoms with van der Waals surface area (Å²) in [6, 6.07) is 15.3. The molecule has 30 heavy (non-hydrogen) atoms. The summed E-state index contributed by atoms with van der Waals surface area (Å²) in [6.07, 6.45) is 2.03. The molecule has 2 aliphatic rings. The second-order valence-electron chi connectivity index (χ2n) is 7.43. The minimum absolute atomic E-state index is 0. The molecule has 0 saturated carbocycles. The average molecular weight is 451 g/mol. The number of hydrogen-bond donors (Lipinski definition) is 1. The van der Waals surface area contributed by atoms with Crippen LogP contribution in [-0.2, 0) is 11.2 Å². The van der Waals surface area contributed by atoms with Crippen molar-refractivity contribution in [2.45, 2.75) is 12.8 Å². The number of aryl methyl sites for hydroxylation is 1. The zero-order chi connectivity index (χ0) is 19.5. The predicted molar refractivity (Wildman–Crippen MR) is 125 cm³/mol. The summed E-state index contributed by atoms with van der Waals surface area (Å²) in [5.74, 6) is 0.105. The van der Waals surface area contributed by atoms with Crippen molar-refractivity contribution in [3.05, 3.63) is 59.7 Å². The molecule has 2 N–H and O–H groups in total. The van der Waals surface area contributed by atoms with E-state index in [0.29, 0.717) is 44.0 Å². The van der Waals surface area contributed by atoms with Gasteiger partial charge in [0.25, 0.3) is 5.91 Å². The van der Waals surface area contributed by atoms with Gasteiger partial charge in [0.05, 0.1) is 12.1 Å². The molecule has 2 heterocycles. The number of para-hydroxylation sites is 2. The third-order valence-electron chi connectivity index (χ3n) is 5.62. The largest absolute Gasteiger partial charge is 0.398 e. The minimum atomic E-state index is -0.0333. The summed E-state index contributed by atoms with van der Waals surface area (Å²) in [5, 5.41) is 0. The van der Waals surface area contributed by atoms with E-state index in [0.717, 1.165) is 25.1 Å². The number of nitrogens with zero attached hydrogens (tertiary/aromatic N) is 3. The molecule has 0 bridgehead atoms. The number of carbonyl (C=O) groups is 2. The van der Waals surface area contributed by atoms with Crippen LogP contribution in [0, 0.1) is 0 Å². The Morgan fingerprint density at radius 2 is 1.53 bits per heavy atom. The highest BCUT2D eigenvalue weighted by Gasteiger charge is 2.27. The lowest BCUT2D eigenvalue weighted by atomic mass is 10.0. The molecule has 0 unspecified atom stereocenters. The maximum atomic E-state index is 12.9. The number of nitrogen functional groups attached to an aromatic ring is 1. The Hall–Kier alpha value is -2.28. The number of benzene rings is 2. The molecule has 2 aromatic rings. The van der Waals surface area contributed by atoms with Crippen LogP contribution < -0.4 is 10.6 Å². The Morgan fingerprint density at radius 1 is 0.867 bits per heavy atom. The molecule has 162 valence electrons. The summed E-state index contributed by atoms with van der Waals surface area (Å²) >= 11 is 0. The molecular formula is C22H28Cl2N4O2. The highest BCUT2D eigenvalue weighted by atomic mass is 35.5. The fraction of sp³-hybridized carbons (Fsp3) is 0.364. The van der Waals surface area contributed by atoms with Crippen molar-refractivity contribution in [3.63, 3.8) is 0 Å². The lowest BCUT2D eigenvalue weighted by molar-refractivity contribution is -0.120. The second kappa shape index (κ2) is 10.7. The summed E-state index contributed by atoms with van der Waals surface area (Å²) in [4.78, 5) is 31.5. The molecule has 2 aromatic carbocycles. The normalized spacial score (nSPS) is 16.1. The standard InChI is InChI=1S/C22H26N4O2.2ClH/c23-19-9-3-2-8-18(19)22(28)25-14-12-24(13-15-25)16-21(27)26-11-5-7-17-6-1-4-10-20(17)26;;/h1-4,6,8-10H,5,7,11-16,23H2;2*1H. The van der Waals surface area contributed by atoms with E-state index in [1.165, 1.54) is 5.56 Å². The first-order valence-corrected chi connectivity index (χ1v) is 9.88. The van der Waals surface area contributed by atoms with Crippen molar-refractivity contribution in [1.29, 1.82) is 0 Å². The van der Waals surface area contributed by atoms with Gasteiger partial charge < -0.3 is 15.5 Å². The van der Waals surface area contributed by atoms with Gasteiger partial charge in [-0.2, -0.15) is 0 Å². The highest BCUT2D eigenvalue weighted by molar-refractivity contribution is 5.99. The fourth-order valence-corrected chi connectivity index (χ4v) is 4.04. The maximum absolute atomic E-state index is 12.9. The topological polar surface area (TPSA) is 69.9 Å². The lowest BCUT2D eigenvalue weighted by Crippen LogP contribution is -2.52. The Bertz CT molecular complexity index is 885. The number of nitrogens with two attached hydrogens (primary N) is 1. The molecular weight excluding hydrogens is 423 g/mol. The second-order valence-corrected chi connectivity index (χ2v) is 7.43. The maximum Gasteiger partial charge on any atom is 0.256 e. The molecule has 0 radical (unpaired) electrons. The number of hydrogen-bond acceptors (Lipinski definition) is 4. The molecule has 2 aliphatic heterocycles. The first kappa shape index (κ1) is 24.0. The molecule has 2 amide bonds. The van der Waals surface area contributed by atoms with Gasteiger partial charge in [0.1, 0.15) is 0 Å². The minimum Gasteiger partial charge on any atom is -0.398 e. The predicted octanol–water partition coefficient (Wildman–Crippen LogP) is 2.85. The van der Waals surface area contributed by atoms with Crippen molar-refractivity contribution in [2.24, 2.45) is 0 Å². The number of halogens is 2. The molecule has 8 heteroatoms. The van der Waals surface area contributed by atoms with E-state index in [4.69, 9.17) is 5.73 Å². The zero-order valence-corrected chi connectivity index (χ0v) is 18.5. The van der Waals surface area contributed by atoms with Crippen LogP contribution in [-0.4, -0.2) is 60.9 Å². The third kappa shape index (κ3) is 5.06. The fourth-order valence-electron chi connectivity index (χ4n) is 4.04. The van der Waals surface area contributed by atoms with Gasteiger partial charge in [0.2, 0.25) is 5.91 Å². The number of piperazine rings is 1. The van der Waals surface area contributed by atoms with E-state index >= 15 is 0 Å². The van der Waals surface area contributed by atoms with E-state index in [-0.39, 0.29) is 36.6 Å². The van der Waals surface area contributed by atoms with Crippen LogP contribution >= 0.6 is 24.8 Å². The van der Waals surface area contributed by atoms with Crippen LogP contribution in [0.4, 0.5) is 11.4 Å². The van der Waals surface area contributed by atoms with Crippen molar-refractivity contribution in [1.82, 2.24) is 9.80 Å². The molecule has 1 saturated heterocycles. The van der Waals surface area contributed by atoms with Crippen molar-refractivity contribution in [3.8, 4) is 0 Å². The SMILES string of the molecule is Cl.Cl.Nc1ccccc1C(=O)N1CCN(CC(=O)N2CCCc3ccccc32)CC1. The van der Waals surface area contributed by atoms with Gasteiger partial charge in [0, 0.05) is 44.1 Å². The van der Waals surface area contributed by atoms with Crippen molar-refractivity contribution < 1.29 is 9.59 Å². The molecule has 0 aromatic heterocycles. The zero-order valence-electron chi connectivity index (χ0n) is 16.8. The van der Waals surface area contributed by atoms with Crippen molar-refractivity contribution >= 4 is 48.0 Å². The molecule has 4 rings (SSSR count). The number of anilines is 2. The number of carbonyl (C=O) groups excluding carboxylic acids is 2. The monoisotopic (exact) mass is 450 g/mol. The van der Waals surface area contributed by atoms with Crippen LogP contribution in [0.25, 0.3) is 0 Å². The molecule has 0 atom stereocenters. The lowest BCUT2D eigenvalue weighted by Gasteiger charge is -2.36. The number of rotatable bonds is 3. The van der Waals surface area contributed by atoms with Crippen LogP contribution in [0.5, 0.6) is 0 Å². The first-order valence-electron chi connectivity index (χ1n) is 9.88. The molecule has 0 aliphatic carbocycles. The van der Waals surface area contributed by atoms with Gasteiger partial charge in [-0.1, -0.05) is 30.3 Å². The highest BCUT2D eigenvalue weighted by Crippen LogP contribution is 2.27. The van der Waals surface area contributed by atoms with Gasteiger partial charge in [-0.25, -0.2) is 0 Å². The third-order valence-corrected chi connectivity index (χ3v) is 5.62. The van der Waals surface area contributed by atoms with E-state index < -0.39 is 0 Å². The smallest absolute Gasteiger partial charge is 0.256 e. The van der Waals surface area contributed by atoms with Gasteiger partial charge in [-0.3, -0.25) is 14.5 Å². The summed E-state index contributed by atoms with van der Waals surface area (Å²) in [7, 11) is 0.